The number of carbonyl (C=O) groups is 2. The van der Waals surface area contributed by atoms with Gasteiger partial charge >= 0.3 is 6.09 Å². The highest BCUT2D eigenvalue weighted by Gasteiger charge is 2.26. The molecule has 2 rings (SSSR count). The molecule has 2 amide bonds. The molecule has 1 N–H and O–H groups in total. The molecule has 0 saturated heterocycles. The van der Waals surface area contributed by atoms with Crippen LogP contribution in [-0.2, 0) is 16.0 Å². The fourth-order valence-electron chi connectivity index (χ4n) is 3.11. The lowest BCUT2D eigenvalue weighted by molar-refractivity contribution is -0.131. The smallest absolute Gasteiger partial charge is 0.407 e. The van der Waals surface area contributed by atoms with Crippen molar-refractivity contribution in [3.63, 3.8) is 0 Å². The van der Waals surface area contributed by atoms with Gasteiger partial charge in [-0.1, -0.05) is 36.4 Å². The van der Waals surface area contributed by atoms with Crippen LogP contribution in [0.25, 0.3) is 0 Å². The van der Waals surface area contributed by atoms with E-state index in [9.17, 15) is 9.59 Å². The van der Waals surface area contributed by atoms with Crippen LogP contribution in [-0.4, -0.2) is 47.1 Å². The quantitative estimate of drug-likeness (QED) is 0.772. The van der Waals surface area contributed by atoms with E-state index in [1.807, 2.05) is 70.2 Å². The van der Waals surface area contributed by atoms with Crippen molar-refractivity contribution in [3.8, 4) is 0 Å². The number of benzene rings is 1. The Hall–Kier alpha value is -2.89. The molecule has 0 aliphatic rings. The molecular weight excluding hydrogens is 366 g/mol. The molecular formula is C23H31N3O3. The molecule has 2 atom stereocenters. The van der Waals surface area contributed by atoms with Crippen molar-refractivity contribution in [1.29, 1.82) is 0 Å². The van der Waals surface area contributed by atoms with Crippen molar-refractivity contribution in [3.05, 3.63) is 66.0 Å². The molecule has 0 radical (unpaired) electrons. The lowest BCUT2D eigenvalue weighted by Crippen LogP contribution is -2.45. The van der Waals surface area contributed by atoms with Crippen LogP contribution in [0.4, 0.5) is 4.79 Å². The van der Waals surface area contributed by atoms with Crippen LogP contribution in [0.1, 0.15) is 44.7 Å². The summed E-state index contributed by atoms with van der Waals surface area (Å²) < 4.78 is 5.29. The van der Waals surface area contributed by atoms with Crippen LogP contribution in [0.3, 0.4) is 0 Å². The Kier molecular flexibility index (Phi) is 7.76. The number of rotatable bonds is 7. The standard InChI is InChI=1S/C23H31N3O3/c1-17(25-22(28)29-23(2,3)4)16-26(5)21(27)20(19-11-7-6-8-12-19)14-18-10-9-13-24-15-18/h6-13,15,17,20H,14,16H2,1-5H3,(H,25,28). The van der Waals surface area contributed by atoms with Crippen molar-refractivity contribution in [2.45, 2.75) is 51.7 Å². The summed E-state index contributed by atoms with van der Waals surface area (Å²) in [7, 11) is 1.76. The molecule has 0 saturated carbocycles. The highest BCUT2D eigenvalue weighted by molar-refractivity contribution is 5.84. The second-order valence-corrected chi connectivity index (χ2v) is 8.29. The first-order chi connectivity index (χ1) is 13.7. The van der Waals surface area contributed by atoms with Gasteiger partial charge in [0.05, 0.1) is 5.92 Å². The van der Waals surface area contributed by atoms with Crippen LogP contribution in [0.15, 0.2) is 54.9 Å². The number of hydrogen-bond acceptors (Lipinski definition) is 4. The Balaban J connectivity index is 2.06. The molecule has 0 aliphatic carbocycles. The maximum absolute atomic E-state index is 13.3. The Bertz CT molecular complexity index is 788. The zero-order valence-corrected chi connectivity index (χ0v) is 17.9. The maximum Gasteiger partial charge on any atom is 0.407 e. The number of alkyl carbamates (subject to hydrolysis) is 1. The summed E-state index contributed by atoms with van der Waals surface area (Å²) in [5.41, 5.74) is 1.40. The van der Waals surface area contributed by atoms with Crippen molar-refractivity contribution >= 4 is 12.0 Å². The Labute approximate surface area is 173 Å². The lowest BCUT2D eigenvalue weighted by atomic mass is 9.91. The van der Waals surface area contributed by atoms with Crippen LogP contribution < -0.4 is 5.32 Å². The minimum Gasteiger partial charge on any atom is -0.444 e. The van der Waals surface area contributed by atoms with Gasteiger partial charge < -0.3 is 15.0 Å². The average Bonchev–Trinajstić information content (AvgIpc) is 2.65. The summed E-state index contributed by atoms with van der Waals surface area (Å²) in [5.74, 6) is -0.322. The molecule has 0 fully saturated rings. The van der Waals surface area contributed by atoms with Crippen molar-refractivity contribution in [2.24, 2.45) is 0 Å². The van der Waals surface area contributed by atoms with E-state index in [-0.39, 0.29) is 17.9 Å². The van der Waals surface area contributed by atoms with Crippen LogP contribution in [0.5, 0.6) is 0 Å². The van der Waals surface area contributed by atoms with Gasteiger partial charge in [-0.15, -0.1) is 0 Å². The normalized spacial score (nSPS) is 13.3. The van der Waals surface area contributed by atoms with Gasteiger partial charge in [-0.3, -0.25) is 9.78 Å². The van der Waals surface area contributed by atoms with Gasteiger partial charge in [0, 0.05) is 32.0 Å². The van der Waals surface area contributed by atoms with Crippen LogP contribution >= 0.6 is 0 Å². The molecule has 0 bridgehead atoms. The maximum atomic E-state index is 13.3. The second-order valence-electron chi connectivity index (χ2n) is 8.29. The van der Waals surface area contributed by atoms with E-state index in [0.717, 1.165) is 11.1 Å². The Morgan fingerprint density at radius 3 is 2.41 bits per heavy atom. The van der Waals surface area contributed by atoms with Gasteiger partial charge in [0.25, 0.3) is 0 Å². The number of ether oxygens (including phenoxy) is 1. The van der Waals surface area contributed by atoms with E-state index in [4.69, 9.17) is 4.74 Å². The summed E-state index contributed by atoms with van der Waals surface area (Å²) in [6, 6.07) is 13.3. The Morgan fingerprint density at radius 2 is 1.83 bits per heavy atom. The van der Waals surface area contributed by atoms with E-state index < -0.39 is 11.7 Å². The molecule has 1 aromatic carbocycles. The first-order valence-electron chi connectivity index (χ1n) is 9.84. The van der Waals surface area contributed by atoms with Crippen molar-refractivity contribution < 1.29 is 14.3 Å². The predicted molar refractivity (Wildman–Crippen MR) is 114 cm³/mol. The number of pyridine rings is 1. The van der Waals surface area contributed by atoms with Gasteiger partial charge in [0.15, 0.2) is 0 Å². The van der Waals surface area contributed by atoms with Crippen molar-refractivity contribution in [1.82, 2.24) is 15.2 Å². The fraction of sp³-hybridized carbons (Fsp3) is 0.435. The minimum atomic E-state index is -0.562. The average molecular weight is 398 g/mol. The molecule has 0 aliphatic heterocycles. The number of aromatic nitrogens is 1. The summed E-state index contributed by atoms with van der Waals surface area (Å²) in [6.07, 6.45) is 3.59. The molecule has 2 aromatic rings. The summed E-state index contributed by atoms with van der Waals surface area (Å²) >= 11 is 0. The van der Waals surface area contributed by atoms with Gasteiger partial charge in [-0.05, 0) is 51.3 Å². The molecule has 0 spiro atoms. The SMILES string of the molecule is CC(CN(C)C(=O)C(Cc1cccnc1)c1ccccc1)NC(=O)OC(C)(C)C. The van der Waals surface area contributed by atoms with E-state index in [1.165, 1.54) is 0 Å². The molecule has 29 heavy (non-hydrogen) atoms. The number of nitrogens with one attached hydrogen (secondary N) is 1. The number of amides is 2. The third-order valence-electron chi connectivity index (χ3n) is 4.35. The highest BCUT2D eigenvalue weighted by Crippen LogP contribution is 2.23. The van der Waals surface area contributed by atoms with Gasteiger partial charge in [-0.2, -0.15) is 0 Å². The minimum absolute atomic E-state index is 0.00195. The van der Waals surface area contributed by atoms with E-state index in [2.05, 4.69) is 10.3 Å². The fourth-order valence-corrected chi connectivity index (χ4v) is 3.11. The molecule has 1 aromatic heterocycles. The second kappa shape index (κ2) is 10.0. The van der Waals surface area contributed by atoms with E-state index in [1.54, 1.807) is 24.3 Å². The van der Waals surface area contributed by atoms with Gasteiger partial charge in [-0.25, -0.2) is 4.79 Å². The first-order valence-corrected chi connectivity index (χ1v) is 9.84. The molecule has 6 nitrogen and oxygen atoms in total. The van der Waals surface area contributed by atoms with E-state index >= 15 is 0 Å². The summed E-state index contributed by atoms with van der Waals surface area (Å²) in [6.45, 7) is 7.68. The summed E-state index contributed by atoms with van der Waals surface area (Å²) in [5, 5.41) is 2.79. The highest BCUT2D eigenvalue weighted by atomic mass is 16.6. The van der Waals surface area contributed by atoms with Crippen molar-refractivity contribution in [2.75, 3.05) is 13.6 Å². The molecule has 6 heteroatoms. The molecule has 2 unspecified atom stereocenters. The first kappa shape index (κ1) is 22.4. The van der Waals surface area contributed by atoms with Gasteiger partial charge in [0.2, 0.25) is 5.91 Å². The van der Waals surface area contributed by atoms with Crippen LogP contribution in [0, 0.1) is 0 Å². The largest absolute Gasteiger partial charge is 0.444 e. The molecule has 156 valence electrons. The van der Waals surface area contributed by atoms with E-state index in [0.29, 0.717) is 13.0 Å². The van der Waals surface area contributed by atoms with Gasteiger partial charge in [0.1, 0.15) is 5.60 Å². The number of likely N-dealkylation sites (N-methyl/N-ethyl adjacent to an activating group) is 1. The lowest BCUT2D eigenvalue weighted by Gasteiger charge is -2.28. The number of carbonyl (C=O) groups excluding carboxylic acids is 2. The number of nitrogens with zero attached hydrogens (tertiary/aromatic N) is 2. The third kappa shape index (κ3) is 7.56. The zero-order valence-electron chi connectivity index (χ0n) is 17.9. The zero-order chi connectivity index (χ0) is 21.4. The monoisotopic (exact) mass is 397 g/mol. The Morgan fingerprint density at radius 1 is 1.14 bits per heavy atom. The molecule has 1 heterocycles. The topological polar surface area (TPSA) is 71.5 Å². The predicted octanol–water partition coefficient (Wildman–Crippen LogP) is 3.78. The number of hydrogen-bond donors (Lipinski definition) is 1. The third-order valence-corrected chi connectivity index (χ3v) is 4.35. The van der Waals surface area contributed by atoms with Crippen LogP contribution in [0.2, 0.25) is 0 Å². The summed E-state index contributed by atoms with van der Waals surface area (Å²) in [4.78, 5) is 31.1.